The number of tetrazole rings is 1. The van der Waals surface area contributed by atoms with Gasteiger partial charge in [-0.15, -0.1) is 10.2 Å². The van der Waals surface area contributed by atoms with Crippen molar-refractivity contribution in [2.24, 2.45) is 13.0 Å². The number of nitrogens with zero attached hydrogens (tertiary/aromatic N) is 4. The lowest BCUT2D eigenvalue weighted by atomic mass is 9.99. The lowest BCUT2D eigenvalue weighted by Crippen LogP contribution is -2.41. The largest absolute Gasteiger partial charge is 0.304 e. The molecule has 1 aromatic rings. The quantitative estimate of drug-likeness (QED) is 0.759. The van der Waals surface area contributed by atoms with Crippen LogP contribution in [0, 0.1) is 5.92 Å². The number of aromatic nitrogens is 4. The van der Waals surface area contributed by atoms with E-state index in [2.05, 4.69) is 34.6 Å². The van der Waals surface area contributed by atoms with E-state index in [9.17, 15) is 0 Å². The van der Waals surface area contributed by atoms with Gasteiger partial charge < -0.3 is 5.32 Å². The first kappa shape index (κ1) is 9.58. The van der Waals surface area contributed by atoms with Gasteiger partial charge in [0.15, 0.2) is 5.82 Å². The van der Waals surface area contributed by atoms with Gasteiger partial charge in [0.2, 0.25) is 0 Å². The van der Waals surface area contributed by atoms with Crippen LogP contribution in [0.5, 0.6) is 0 Å². The first-order chi connectivity index (χ1) is 6.58. The van der Waals surface area contributed by atoms with Gasteiger partial charge in [0.05, 0.1) is 13.6 Å². The zero-order valence-electron chi connectivity index (χ0n) is 8.99. The summed E-state index contributed by atoms with van der Waals surface area (Å²) in [5.41, 5.74) is 0.208. The Morgan fingerprint density at radius 1 is 1.50 bits per heavy atom. The molecule has 1 aliphatic carbocycles. The molecule has 5 nitrogen and oxygen atoms in total. The second-order valence-electron chi connectivity index (χ2n) is 4.54. The zero-order chi connectivity index (χ0) is 10.2. The summed E-state index contributed by atoms with van der Waals surface area (Å²) in [4.78, 5) is 1.49. The molecule has 2 rings (SSSR count). The van der Waals surface area contributed by atoms with Crippen molar-refractivity contribution in [1.29, 1.82) is 0 Å². The van der Waals surface area contributed by atoms with Crippen LogP contribution in [0.4, 0.5) is 0 Å². The molecule has 1 aliphatic rings. The van der Waals surface area contributed by atoms with Gasteiger partial charge in [-0.2, -0.15) is 4.80 Å². The van der Waals surface area contributed by atoms with Crippen molar-refractivity contribution in [2.75, 3.05) is 0 Å². The molecule has 5 heteroatoms. The maximum Gasteiger partial charge on any atom is 0.188 e. The highest BCUT2D eigenvalue weighted by molar-refractivity contribution is 4.95. The fourth-order valence-corrected chi connectivity index (χ4v) is 1.65. The molecule has 0 aromatic carbocycles. The van der Waals surface area contributed by atoms with E-state index in [4.69, 9.17) is 0 Å². The summed E-state index contributed by atoms with van der Waals surface area (Å²) in [6.45, 7) is 5.18. The summed E-state index contributed by atoms with van der Waals surface area (Å²) < 4.78 is 0. The summed E-state index contributed by atoms with van der Waals surface area (Å²) in [5, 5.41) is 15.3. The second kappa shape index (κ2) is 3.31. The third-order valence-corrected chi connectivity index (χ3v) is 2.85. The third kappa shape index (κ3) is 2.09. The predicted molar refractivity (Wildman–Crippen MR) is 52.4 cm³/mol. The number of rotatable bonds is 4. The van der Waals surface area contributed by atoms with Crippen LogP contribution in [0.15, 0.2) is 0 Å². The number of nitrogens with one attached hydrogen (secondary N) is 1. The predicted octanol–water partition coefficient (Wildman–Crippen LogP) is 0.488. The Morgan fingerprint density at radius 3 is 2.71 bits per heavy atom. The number of hydrogen-bond donors (Lipinski definition) is 1. The van der Waals surface area contributed by atoms with Gasteiger partial charge in [0.1, 0.15) is 0 Å². The van der Waals surface area contributed by atoms with Crippen LogP contribution in [-0.4, -0.2) is 25.7 Å². The molecule has 0 amide bonds. The maximum atomic E-state index is 4.13. The Kier molecular flexibility index (Phi) is 2.26. The average Bonchev–Trinajstić information content (AvgIpc) is 2.89. The summed E-state index contributed by atoms with van der Waals surface area (Å²) >= 11 is 0. The second-order valence-corrected chi connectivity index (χ2v) is 4.54. The molecule has 0 aliphatic heterocycles. The van der Waals surface area contributed by atoms with Crippen LogP contribution in [-0.2, 0) is 13.6 Å². The van der Waals surface area contributed by atoms with E-state index in [0.717, 1.165) is 11.7 Å². The lowest BCUT2D eigenvalue weighted by Gasteiger charge is -2.25. The normalized spacial score (nSPS) is 17.4. The smallest absolute Gasteiger partial charge is 0.188 e. The van der Waals surface area contributed by atoms with Gasteiger partial charge in [-0.25, -0.2) is 0 Å². The first-order valence-electron chi connectivity index (χ1n) is 5.06. The van der Waals surface area contributed by atoms with Crippen molar-refractivity contribution in [3.8, 4) is 0 Å². The number of hydrogen-bond acceptors (Lipinski definition) is 4. The zero-order valence-corrected chi connectivity index (χ0v) is 8.99. The SMILES string of the molecule is Cn1nnc(CNC(C)(C)C2CC2)n1. The number of aryl methyl sites for hydroxylation is 1. The van der Waals surface area contributed by atoms with Gasteiger partial charge in [0.25, 0.3) is 0 Å². The molecule has 1 N–H and O–H groups in total. The molecule has 1 saturated carbocycles. The molecule has 14 heavy (non-hydrogen) atoms. The Bertz CT molecular complexity index is 313. The highest BCUT2D eigenvalue weighted by Crippen LogP contribution is 2.39. The maximum absolute atomic E-state index is 4.13. The van der Waals surface area contributed by atoms with E-state index in [1.165, 1.54) is 17.6 Å². The monoisotopic (exact) mass is 195 g/mol. The van der Waals surface area contributed by atoms with Crippen LogP contribution in [0.3, 0.4) is 0 Å². The Balaban J connectivity index is 1.87. The molecule has 0 radical (unpaired) electrons. The lowest BCUT2D eigenvalue weighted by molar-refractivity contribution is 0.335. The molecular weight excluding hydrogens is 178 g/mol. The van der Waals surface area contributed by atoms with E-state index in [0.29, 0.717) is 6.54 Å². The fourth-order valence-electron chi connectivity index (χ4n) is 1.65. The van der Waals surface area contributed by atoms with Crippen molar-refractivity contribution >= 4 is 0 Å². The van der Waals surface area contributed by atoms with Gasteiger partial charge in [-0.1, -0.05) is 0 Å². The van der Waals surface area contributed by atoms with E-state index in [1.54, 1.807) is 7.05 Å². The van der Waals surface area contributed by atoms with E-state index < -0.39 is 0 Å². The van der Waals surface area contributed by atoms with Gasteiger partial charge in [-0.3, -0.25) is 0 Å². The first-order valence-corrected chi connectivity index (χ1v) is 5.06. The summed E-state index contributed by atoms with van der Waals surface area (Å²) in [6.07, 6.45) is 2.68. The molecule has 1 heterocycles. The molecule has 0 saturated heterocycles. The van der Waals surface area contributed by atoms with Gasteiger partial charge >= 0.3 is 0 Å². The minimum absolute atomic E-state index is 0.208. The molecule has 1 aromatic heterocycles. The van der Waals surface area contributed by atoms with Crippen LogP contribution in [0.1, 0.15) is 32.5 Å². The minimum Gasteiger partial charge on any atom is -0.304 e. The topological polar surface area (TPSA) is 55.6 Å². The van der Waals surface area contributed by atoms with Crippen LogP contribution >= 0.6 is 0 Å². The Labute approximate surface area is 83.9 Å². The molecule has 78 valence electrons. The van der Waals surface area contributed by atoms with Crippen LogP contribution < -0.4 is 5.32 Å². The third-order valence-electron chi connectivity index (χ3n) is 2.85. The molecule has 0 atom stereocenters. The molecular formula is C9H17N5. The minimum atomic E-state index is 0.208. The average molecular weight is 195 g/mol. The van der Waals surface area contributed by atoms with E-state index in [-0.39, 0.29) is 5.54 Å². The van der Waals surface area contributed by atoms with Crippen LogP contribution in [0.25, 0.3) is 0 Å². The van der Waals surface area contributed by atoms with Crippen molar-refractivity contribution in [3.05, 3.63) is 5.82 Å². The van der Waals surface area contributed by atoms with E-state index >= 15 is 0 Å². The van der Waals surface area contributed by atoms with Crippen molar-refractivity contribution in [3.63, 3.8) is 0 Å². The fraction of sp³-hybridized carbons (Fsp3) is 0.889. The van der Waals surface area contributed by atoms with E-state index in [1.807, 2.05) is 0 Å². The Morgan fingerprint density at radius 2 is 2.21 bits per heavy atom. The van der Waals surface area contributed by atoms with Crippen molar-refractivity contribution < 1.29 is 0 Å². The highest BCUT2D eigenvalue weighted by atomic mass is 15.6. The van der Waals surface area contributed by atoms with Gasteiger partial charge in [0, 0.05) is 5.54 Å². The summed E-state index contributed by atoms with van der Waals surface area (Å²) in [7, 11) is 1.78. The molecule has 0 unspecified atom stereocenters. The molecule has 1 fully saturated rings. The summed E-state index contributed by atoms with van der Waals surface area (Å²) in [6, 6.07) is 0. The molecule has 0 bridgehead atoms. The standard InChI is InChI=1S/C9H17N5/c1-9(2,7-4-5-7)10-6-8-11-13-14(3)12-8/h7,10H,4-6H2,1-3H3. The Hall–Kier alpha value is -0.970. The van der Waals surface area contributed by atoms with Crippen molar-refractivity contribution in [1.82, 2.24) is 25.5 Å². The molecule has 0 spiro atoms. The van der Waals surface area contributed by atoms with Gasteiger partial charge in [-0.05, 0) is 37.8 Å². The summed E-state index contributed by atoms with van der Waals surface area (Å²) in [5.74, 6) is 1.58. The van der Waals surface area contributed by atoms with Crippen LogP contribution in [0.2, 0.25) is 0 Å². The highest BCUT2D eigenvalue weighted by Gasteiger charge is 2.37. The van der Waals surface area contributed by atoms with Crippen molar-refractivity contribution in [2.45, 2.75) is 38.8 Å².